The molecule has 1 aliphatic rings. The van der Waals surface area contributed by atoms with Crippen LogP contribution in [0.4, 0.5) is 0 Å². The van der Waals surface area contributed by atoms with E-state index >= 15 is 0 Å². The van der Waals surface area contributed by atoms with Crippen LogP contribution in [0, 0.1) is 5.92 Å². The second kappa shape index (κ2) is 7.37. The summed E-state index contributed by atoms with van der Waals surface area (Å²) in [5.74, 6) is 1.90. The first-order valence-corrected chi connectivity index (χ1v) is 7.62. The molecule has 1 heteroatoms. The van der Waals surface area contributed by atoms with Crippen LogP contribution >= 0.6 is 0 Å². The van der Waals surface area contributed by atoms with E-state index < -0.39 is 0 Å². The number of hydrogen-bond donors (Lipinski definition) is 0. The Hall–Kier alpha value is -1.24. The molecule has 1 aromatic carbocycles. The molecule has 0 fully saturated rings. The van der Waals surface area contributed by atoms with Crippen molar-refractivity contribution >= 4 is 0 Å². The van der Waals surface area contributed by atoms with Gasteiger partial charge in [0.25, 0.3) is 0 Å². The zero-order valence-electron chi connectivity index (χ0n) is 12.3. The lowest BCUT2D eigenvalue weighted by atomic mass is 9.85. The van der Waals surface area contributed by atoms with E-state index in [-0.39, 0.29) is 0 Å². The molecule has 1 aromatic rings. The van der Waals surface area contributed by atoms with Crippen LogP contribution in [0.3, 0.4) is 0 Å². The van der Waals surface area contributed by atoms with Crippen LogP contribution in [0.2, 0.25) is 0 Å². The summed E-state index contributed by atoms with van der Waals surface area (Å²) in [6.07, 6.45) is 11.7. The SMILES string of the molecule is CCCC1CC=C(CCc2ccc(OC)cc2)CC1. The molecule has 0 N–H and O–H groups in total. The average Bonchev–Trinajstić information content (AvgIpc) is 2.47. The third kappa shape index (κ3) is 4.41. The Kier molecular flexibility index (Phi) is 5.50. The number of ether oxygens (including phenoxy) is 1. The highest BCUT2D eigenvalue weighted by Crippen LogP contribution is 2.29. The maximum Gasteiger partial charge on any atom is 0.118 e. The molecule has 0 spiro atoms. The Labute approximate surface area is 117 Å². The Morgan fingerprint density at radius 3 is 2.53 bits per heavy atom. The molecular weight excluding hydrogens is 232 g/mol. The standard InChI is InChI=1S/C18H26O/c1-3-4-15-5-7-16(8-6-15)9-10-17-11-13-18(19-2)14-12-17/h7,11-15H,3-6,8-10H2,1-2H3. The molecule has 1 aliphatic carbocycles. The molecule has 1 unspecified atom stereocenters. The molecule has 0 amide bonds. The van der Waals surface area contributed by atoms with Crippen molar-refractivity contribution in [3.05, 3.63) is 41.5 Å². The van der Waals surface area contributed by atoms with Gasteiger partial charge in [0.05, 0.1) is 7.11 Å². The zero-order chi connectivity index (χ0) is 13.5. The quantitative estimate of drug-likeness (QED) is 0.641. The largest absolute Gasteiger partial charge is 0.497 e. The molecular formula is C18H26O. The molecule has 0 aromatic heterocycles. The third-order valence-corrected chi connectivity index (χ3v) is 4.20. The maximum absolute atomic E-state index is 5.19. The van der Waals surface area contributed by atoms with Crippen LogP contribution in [0.15, 0.2) is 35.9 Å². The maximum atomic E-state index is 5.19. The Bertz CT molecular complexity index is 402. The van der Waals surface area contributed by atoms with Crippen LogP contribution in [-0.4, -0.2) is 7.11 Å². The lowest BCUT2D eigenvalue weighted by Gasteiger charge is -2.21. The molecule has 1 atom stereocenters. The van der Waals surface area contributed by atoms with Gasteiger partial charge in [-0.1, -0.05) is 43.5 Å². The number of hydrogen-bond acceptors (Lipinski definition) is 1. The minimum atomic E-state index is 0.947. The topological polar surface area (TPSA) is 9.23 Å². The van der Waals surface area contributed by atoms with Crippen LogP contribution in [0.5, 0.6) is 5.75 Å². The Balaban J connectivity index is 1.79. The first-order valence-electron chi connectivity index (χ1n) is 7.62. The van der Waals surface area contributed by atoms with Gasteiger partial charge >= 0.3 is 0 Å². The van der Waals surface area contributed by atoms with E-state index in [2.05, 4.69) is 37.3 Å². The van der Waals surface area contributed by atoms with Gasteiger partial charge in [-0.2, -0.15) is 0 Å². The fourth-order valence-electron chi connectivity index (χ4n) is 2.94. The monoisotopic (exact) mass is 258 g/mol. The second-order valence-electron chi connectivity index (χ2n) is 5.64. The van der Waals surface area contributed by atoms with Crippen molar-refractivity contribution in [2.45, 2.75) is 51.9 Å². The molecule has 19 heavy (non-hydrogen) atoms. The first kappa shape index (κ1) is 14.2. The Morgan fingerprint density at radius 1 is 1.16 bits per heavy atom. The van der Waals surface area contributed by atoms with Gasteiger partial charge in [0, 0.05) is 0 Å². The fraction of sp³-hybridized carbons (Fsp3) is 0.556. The van der Waals surface area contributed by atoms with Gasteiger partial charge in [0.15, 0.2) is 0 Å². The molecule has 0 heterocycles. The molecule has 0 radical (unpaired) electrons. The minimum Gasteiger partial charge on any atom is -0.497 e. The molecule has 1 nitrogen and oxygen atoms in total. The van der Waals surface area contributed by atoms with Crippen molar-refractivity contribution in [1.29, 1.82) is 0 Å². The average molecular weight is 258 g/mol. The number of benzene rings is 1. The predicted molar refractivity (Wildman–Crippen MR) is 81.6 cm³/mol. The van der Waals surface area contributed by atoms with E-state index in [9.17, 15) is 0 Å². The van der Waals surface area contributed by atoms with E-state index in [0.717, 1.165) is 18.1 Å². The van der Waals surface area contributed by atoms with Crippen LogP contribution in [0.1, 0.15) is 51.0 Å². The minimum absolute atomic E-state index is 0.947. The van der Waals surface area contributed by atoms with E-state index in [1.54, 1.807) is 12.7 Å². The smallest absolute Gasteiger partial charge is 0.118 e. The summed E-state index contributed by atoms with van der Waals surface area (Å²) < 4.78 is 5.19. The van der Waals surface area contributed by atoms with Gasteiger partial charge in [-0.15, -0.1) is 0 Å². The van der Waals surface area contributed by atoms with E-state index in [0.29, 0.717) is 0 Å². The van der Waals surface area contributed by atoms with Gasteiger partial charge in [0.2, 0.25) is 0 Å². The highest BCUT2D eigenvalue weighted by atomic mass is 16.5. The molecule has 0 aliphatic heterocycles. The summed E-state index contributed by atoms with van der Waals surface area (Å²) >= 11 is 0. The van der Waals surface area contributed by atoms with Crippen molar-refractivity contribution in [1.82, 2.24) is 0 Å². The van der Waals surface area contributed by atoms with Crippen molar-refractivity contribution < 1.29 is 4.74 Å². The molecule has 0 bridgehead atoms. The molecule has 0 saturated heterocycles. The van der Waals surface area contributed by atoms with Crippen LogP contribution < -0.4 is 4.74 Å². The van der Waals surface area contributed by atoms with E-state index in [1.165, 1.54) is 44.1 Å². The fourth-order valence-corrected chi connectivity index (χ4v) is 2.94. The third-order valence-electron chi connectivity index (χ3n) is 4.20. The van der Waals surface area contributed by atoms with Gasteiger partial charge in [-0.25, -0.2) is 0 Å². The summed E-state index contributed by atoms with van der Waals surface area (Å²) in [7, 11) is 1.72. The van der Waals surface area contributed by atoms with Gasteiger partial charge in [-0.05, 0) is 55.7 Å². The highest BCUT2D eigenvalue weighted by Gasteiger charge is 2.13. The lowest BCUT2D eigenvalue weighted by molar-refractivity contribution is 0.414. The van der Waals surface area contributed by atoms with Crippen molar-refractivity contribution in [2.24, 2.45) is 5.92 Å². The van der Waals surface area contributed by atoms with Gasteiger partial charge in [0.1, 0.15) is 5.75 Å². The molecule has 104 valence electrons. The predicted octanol–water partition coefficient (Wildman–Crippen LogP) is 5.15. The number of rotatable bonds is 6. The summed E-state index contributed by atoms with van der Waals surface area (Å²) in [5, 5.41) is 0. The van der Waals surface area contributed by atoms with Crippen molar-refractivity contribution in [3.8, 4) is 5.75 Å². The summed E-state index contributed by atoms with van der Waals surface area (Å²) in [6.45, 7) is 2.29. The summed E-state index contributed by atoms with van der Waals surface area (Å²) in [5.41, 5.74) is 3.08. The Morgan fingerprint density at radius 2 is 1.95 bits per heavy atom. The molecule has 2 rings (SSSR count). The van der Waals surface area contributed by atoms with E-state index in [4.69, 9.17) is 4.74 Å². The lowest BCUT2D eigenvalue weighted by Crippen LogP contribution is -2.06. The van der Waals surface area contributed by atoms with Gasteiger partial charge < -0.3 is 4.74 Å². The highest BCUT2D eigenvalue weighted by molar-refractivity contribution is 5.27. The van der Waals surface area contributed by atoms with Crippen LogP contribution in [-0.2, 0) is 6.42 Å². The zero-order valence-corrected chi connectivity index (χ0v) is 12.3. The first-order chi connectivity index (χ1) is 9.31. The summed E-state index contributed by atoms with van der Waals surface area (Å²) in [6, 6.07) is 8.48. The number of allylic oxidation sites excluding steroid dienone is 2. The second-order valence-corrected chi connectivity index (χ2v) is 5.64. The van der Waals surface area contributed by atoms with Crippen LogP contribution in [0.25, 0.3) is 0 Å². The number of methoxy groups -OCH3 is 1. The summed E-state index contributed by atoms with van der Waals surface area (Å²) in [4.78, 5) is 0. The van der Waals surface area contributed by atoms with Gasteiger partial charge in [-0.3, -0.25) is 0 Å². The van der Waals surface area contributed by atoms with E-state index in [1.807, 2.05) is 0 Å². The van der Waals surface area contributed by atoms with Crippen molar-refractivity contribution in [2.75, 3.05) is 7.11 Å². The number of aryl methyl sites for hydroxylation is 1. The van der Waals surface area contributed by atoms with Crippen molar-refractivity contribution in [3.63, 3.8) is 0 Å². The normalized spacial score (nSPS) is 19.1. The molecule has 0 saturated carbocycles.